The quantitative estimate of drug-likeness (QED) is 0.724. The molecule has 0 bridgehead atoms. The Balaban J connectivity index is 1.76. The number of methoxy groups -OCH3 is 1. The van der Waals surface area contributed by atoms with E-state index in [1.807, 2.05) is 54.6 Å². The van der Waals surface area contributed by atoms with E-state index >= 15 is 0 Å². The summed E-state index contributed by atoms with van der Waals surface area (Å²) in [5.41, 5.74) is 2.05. The molecule has 1 amide bonds. The molecule has 3 aromatic rings. The van der Waals surface area contributed by atoms with Gasteiger partial charge in [-0.15, -0.1) is 5.10 Å². The largest absolute Gasteiger partial charge is 0.496 e. The highest BCUT2D eigenvalue weighted by Gasteiger charge is 2.17. The molecular formula is C18H18N4O2. The van der Waals surface area contributed by atoms with Crippen molar-refractivity contribution in [3.05, 3.63) is 72.1 Å². The van der Waals surface area contributed by atoms with Gasteiger partial charge in [-0.25, -0.2) is 0 Å². The lowest BCUT2D eigenvalue weighted by Gasteiger charge is -2.17. The van der Waals surface area contributed by atoms with Crippen LogP contribution in [0.2, 0.25) is 0 Å². The van der Waals surface area contributed by atoms with Gasteiger partial charge in [0.05, 0.1) is 19.0 Å². The van der Waals surface area contributed by atoms with Crippen LogP contribution >= 0.6 is 0 Å². The third-order valence-electron chi connectivity index (χ3n) is 3.64. The molecule has 0 saturated heterocycles. The van der Waals surface area contributed by atoms with Crippen LogP contribution in [0.3, 0.4) is 0 Å². The lowest BCUT2D eigenvalue weighted by molar-refractivity contribution is 0.0778. The smallest absolute Gasteiger partial charge is 0.276 e. The van der Waals surface area contributed by atoms with Crippen LogP contribution < -0.4 is 4.74 Å². The number of aromatic nitrogens is 3. The second kappa shape index (κ2) is 6.95. The van der Waals surface area contributed by atoms with Gasteiger partial charge < -0.3 is 9.64 Å². The molecule has 1 aromatic heterocycles. The van der Waals surface area contributed by atoms with E-state index in [0.29, 0.717) is 12.2 Å². The average molecular weight is 322 g/mol. The maximum absolute atomic E-state index is 12.6. The van der Waals surface area contributed by atoms with Crippen LogP contribution in [0.25, 0.3) is 5.69 Å². The molecule has 0 radical (unpaired) electrons. The molecule has 6 nitrogen and oxygen atoms in total. The number of rotatable bonds is 5. The van der Waals surface area contributed by atoms with Crippen molar-refractivity contribution in [1.82, 2.24) is 19.9 Å². The van der Waals surface area contributed by atoms with Gasteiger partial charge in [-0.05, 0) is 18.2 Å². The molecule has 3 rings (SSSR count). The van der Waals surface area contributed by atoms with Crippen molar-refractivity contribution >= 4 is 5.91 Å². The molecule has 0 spiro atoms. The molecule has 122 valence electrons. The second-order valence-corrected chi connectivity index (χ2v) is 5.33. The lowest BCUT2D eigenvalue weighted by Crippen LogP contribution is -2.27. The molecule has 0 N–H and O–H groups in total. The fourth-order valence-electron chi connectivity index (χ4n) is 2.40. The van der Waals surface area contributed by atoms with Crippen LogP contribution in [0.5, 0.6) is 5.75 Å². The van der Waals surface area contributed by atoms with Gasteiger partial charge in [0.1, 0.15) is 5.75 Å². The molecule has 0 saturated carbocycles. The fourth-order valence-corrected chi connectivity index (χ4v) is 2.40. The molecule has 0 aliphatic rings. The number of ether oxygens (including phenoxy) is 1. The van der Waals surface area contributed by atoms with Gasteiger partial charge >= 0.3 is 0 Å². The predicted octanol–water partition coefficient (Wildman–Crippen LogP) is 2.55. The van der Waals surface area contributed by atoms with Crippen molar-refractivity contribution < 1.29 is 9.53 Å². The van der Waals surface area contributed by atoms with E-state index in [1.165, 1.54) is 11.0 Å². The highest BCUT2D eigenvalue weighted by Crippen LogP contribution is 2.19. The SMILES string of the molecule is COc1ccccc1CN(C)C(=O)c1cnn(-c2ccccc2)n1. The third-order valence-corrected chi connectivity index (χ3v) is 3.64. The number of para-hydroxylation sites is 2. The van der Waals surface area contributed by atoms with Crippen LogP contribution in [0, 0.1) is 0 Å². The minimum Gasteiger partial charge on any atom is -0.496 e. The number of carbonyl (C=O) groups is 1. The third kappa shape index (κ3) is 3.27. The number of benzene rings is 2. The molecule has 0 atom stereocenters. The number of nitrogens with zero attached hydrogens (tertiary/aromatic N) is 4. The van der Waals surface area contributed by atoms with E-state index in [9.17, 15) is 4.79 Å². The zero-order chi connectivity index (χ0) is 16.9. The summed E-state index contributed by atoms with van der Waals surface area (Å²) in [4.78, 5) is 15.6. The summed E-state index contributed by atoms with van der Waals surface area (Å²) >= 11 is 0. The highest BCUT2D eigenvalue weighted by molar-refractivity contribution is 5.91. The van der Waals surface area contributed by atoms with E-state index < -0.39 is 0 Å². The second-order valence-electron chi connectivity index (χ2n) is 5.33. The van der Waals surface area contributed by atoms with E-state index in [-0.39, 0.29) is 5.91 Å². The monoisotopic (exact) mass is 322 g/mol. The Labute approximate surface area is 140 Å². The fraction of sp³-hybridized carbons (Fsp3) is 0.167. The molecule has 1 heterocycles. The molecule has 24 heavy (non-hydrogen) atoms. The van der Waals surface area contributed by atoms with Crippen LogP contribution in [0.4, 0.5) is 0 Å². The molecule has 2 aromatic carbocycles. The van der Waals surface area contributed by atoms with Crippen LogP contribution in [-0.2, 0) is 6.54 Å². The van der Waals surface area contributed by atoms with Crippen molar-refractivity contribution in [1.29, 1.82) is 0 Å². The Hall–Kier alpha value is -3.15. The Morgan fingerprint density at radius 1 is 1.12 bits per heavy atom. The number of carbonyl (C=O) groups excluding carboxylic acids is 1. The van der Waals surface area contributed by atoms with Crippen LogP contribution in [-0.4, -0.2) is 40.0 Å². The first-order valence-electron chi connectivity index (χ1n) is 7.54. The van der Waals surface area contributed by atoms with Crippen LogP contribution in [0.1, 0.15) is 16.1 Å². The number of hydrogen-bond acceptors (Lipinski definition) is 4. The van der Waals surface area contributed by atoms with Gasteiger partial charge in [-0.3, -0.25) is 4.79 Å². The maximum Gasteiger partial charge on any atom is 0.276 e. The van der Waals surface area contributed by atoms with E-state index in [0.717, 1.165) is 17.0 Å². The first kappa shape index (κ1) is 15.7. The summed E-state index contributed by atoms with van der Waals surface area (Å²) in [6.45, 7) is 0.432. The molecule has 0 unspecified atom stereocenters. The van der Waals surface area contributed by atoms with Gasteiger partial charge in [-0.2, -0.15) is 9.90 Å². The standard InChI is InChI=1S/C18H18N4O2/c1-21(13-14-8-6-7-11-17(14)24-2)18(23)16-12-19-22(20-16)15-9-4-3-5-10-15/h3-12H,13H2,1-2H3. The van der Waals surface area contributed by atoms with E-state index in [2.05, 4.69) is 10.2 Å². The number of hydrogen-bond donors (Lipinski definition) is 0. The maximum atomic E-state index is 12.6. The summed E-state index contributed by atoms with van der Waals surface area (Å²) in [6, 6.07) is 17.1. The predicted molar refractivity (Wildman–Crippen MR) is 90.2 cm³/mol. The zero-order valence-electron chi connectivity index (χ0n) is 13.6. The summed E-state index contributed by atoms with van der Waals surface area (Å²) in [6.07, 6.45) is 1.48. The number of amides is 1. The van der Waals surface area contributed by atoms with Gasteiger partial charge in [-0.1, -0.05) is 36.4 Å². The van der Waals surface area contributed by atoms with Gasteiger partial charge in [0, 0.05) is 19.2 Å². The van der Waals surface area contributed by atoms with Crippen molar-refractivity contribution in [2.24, 2.45) is 0 Å². The minimum absolute atomic E-state index is 0.192. The Bertz CT molecular complexity index is 830. The summed E-state index contributed by atoms with van der Waals surface area (Å²) in [5, 5.41) is 8.43. The molecule has 6 heteroatoms. The lowest BCUT2D eigenvalue weighted by atomic mass is 10.2. The van der Waals surface area contributed by atoms with Crippen molar-refractivity contribution in [3.63, 3.8) is 0 Å². The van der Waals surface area contributed by atoms with E-state index in [1.54, 1.807) is 19.1 Å². The summed E-state index contributed by atoms with van der Waals surface area (Å²) in [7, 11) is 3.35. The summed E-state index contributed by atoms with van der Waals surface area (Å²) < 4.78 is 5.32. The van der Waals surface area contributed by atoms with Crippen molar-refractivity contribution in [2.75, 3.05) is 14.2 Å². The summed E-state index contributed by atoms with van der Waals surface area (Å²) in [5.74, 6) is 0.563. The van der Waals surface area contributed by atoms with Crippen molar-refractivity contribution in [2.45, 2.75) is 6.54 Å². The average Bonchev–Trinajstić information content (AvgIpc) is 3.12. The Morgan fingerprint density at radius 3 is 2.58 bits per heavy atom. The minimum atomic E-state index is -0.192. The van der Waals surface area contributed by atoms with Gasteiger partial charge in [0.2, 0.25) is 0 Å². The van der Waals surface area contributed by atoms with Crippen LogP contribution in [0.15, 0.2) is 60.8 Å². The van der Waals surface area contributed by atoms with Crippen molar-refractivity contribution in [3.8, 4) is 11.4 Å². The molecular weight excluding hydrogens is 304 g/mol. The Morgan fingerprint density at radius 2 is 1.83 bits per heavy atom. The molecule has 0 fully saturated rings. The highest BCUT2D eigenvalue weighted by atomic mass is 16.5. The first-order valence-corrected chi connectivity index (χ1v) is 7.54. The Kier molecular flexibility index (Phi) is 4.56. The van der Waals surface area contributed by atoms with Gasteiger partial charge in [0.15, 0.2) is 5.69 Å². The first-order chi connectivity index (χ1) is 11.7. The normalized spacial score (nSPS) is 10.4. The zero-order valence-corrected chi connectivity index (χ0v) is 13.6. The molecule has 0 aliphatic carbocycles. The van der Waals surface area contributed by atoms with Gasteiger partial charge in [0.25, 0.3) is 5.91 Å². The topological polar surface area (TPSA) is 60.2 Å². The van der Waals surface area contributed by atoms with E-state index in [4.69, 9.17) is 4.74 Å². The molecule has 0 aliphatic heterocycles.